The average molecular weight is 289 g/mol. The topological polar surface area (TPSA) is 40.9 Å². The second-order valence-corrected chi connectivity index (χ2v) is 3.51. The predicted octanol–water partition coefficient (Wildman–Crippen LogP) is 2.31. The van der Waals surface area contributed by atoms with Gasteiger partial charge in [0.25, 0.3) is 0 Å². The van der Waals surface area contributed by atoms with Gasteiger partial charge in [-0.2, -0.15) is 5.26 Å². The Morgan fingerprint density at radius 2 is 2.31 bits per heavy atom. The SMILES string of the molecule is N#CCc1cc(C=O)cc(F)c1I. The number of rotatable bonds is 2. The quantitative estimate of drug-likeness (QED) is 0.619. The zero-order valence-electron chi connectivity index (χ0n) is 6.55. The van der Waals surface area contributed by atoms with E-state index in [0.717, 1.165) is 6.07 Å². The molecule has 0 saturated heterocycles. The van der Waals surface area contributed by atoms with Crippen LogP contribution in [0.25, 0.3) is 0 Å². The second-order valence-electron chi connectivity index (χ2n) is 2.43. The van der Waals surface area contributed by atoms with Gasteiger partial charge in [0.15, 0.2) is 0 Å². The first-order chi connectivity index (χ1) is 6.19. The van der Waals surface area contributed by atoms with Gasteiger partial charge in [0.2, 0.25) is 0 Å². The number of hydrogen-bond acceptors (Lipinski definition) is 2. The molecule has 0 amide bonds. The van der Waals surface area contributed by atoms with Crippen LogP contribution in [-0.2, 0) is 6.42 Å². The molecule has 0 spiro atoms. The van der Waals surface area contributed by atoms with Crippen molar-refractivity contribution in [3.63, 3.8) is 0 Å². The van der Waals surface area contributed by atoms with Gasteiger partial charge in [-0.05, 0) is 40.3 Å². The molecular formula is C9H5FINO. The maximum Gasteiger partial charge on any atom is 0.150 e. The molecule has 0 aromatic heterocycles. The van der Waals surface area contributed by atoms with E-state index in [9.17, 15) is 9.18 Å². The number of benzene rings is 1. The molecule has 0 unspecified atom stereocenters. The van der Waals surface area contributed by atoms with Crippen molar-refractivity contribution in [1.29, 1.82) is 5.26 Å². The van der Waals surface area contributed by atoms with Crippen LogP contribution in [0.2, 0.25) is 0 Å². The van der Waals surface area contributed by atoms with Crippen molar-refractivity contribution in [2.45, 2.75) is 6.42 Å². The summed E-state index contributed by atoms with van der Waals surface area (Å²) < 4.78 is 13.5. The summed E-state index contributed by atoms with van der Waals surface area (Å²) in [6, 6.07) is 4.61. The molecule has 1 aromatic carbocycles. The molecule has 1 aromatic rings. The van der Waals surface area contributed by atoms with Crippen LogP contribution in [0.15, 0.2) is 12.1 Å². The van der Waals surface area contributed by atoms with E-state index in [0.29, 0.717) is 15.4 Å². The van der Waals surface area contributed by atoms with Gasteiger partial charge in [0.05, 0.1) is 16.1 Å². The summed E-state index contributed by atoms with van der Waals surface area (Å²) in [7, 11) is 0. The van der Waals surface area contributed by atoms with Gasteiger partial charge < -0.3 is 0 Å². The van der Waals surface area contributed by atoms with Crippen LogP contribution in [0.5, 0.6) is 0 Å². The fourth-order valence-corrected chi connectivity index (χ4v) is 1.45. The van der Waals surface area contributed by atoms with Crippen molar-refractivity contribution >= 4 is 28.9 Å². The first kappa shape index (κ1) is 10.1. The smallest absolute Gasteiger partial charge is 0.150 e. The molecule has 2 nitrogen and oxygen atoms in total. The van der Waals surface area contributed by atoms with Crippen molar-refractivity contribution < 1.29 is 9.18 Å². The highest BCUT2D eigenvalue weighted by Crippen LogP contribution is 2.18. The Hall–Kier alpha value is -0.960. The van der Waals surface area contributed by atoms with Gasteiger partial charge in [-0.3, -0.25) is 4.79 Å². The maximum atomic E-state index is 13.1. The van der Waals surface area contributed by atoms with Crippen LogP contribution in [0.4, 0.5) is 4.39 Å². The van der Waals surface area contributed by atoms with Crippen LogP contribution < -0.4 is 0 Å². The molecule has 0 saturated carbocycles. The molecule has 13 heavy (non-hydrogen) atoms. The standard InChI is InChI=1S/C9H5FINO/c10-8-4-6(5-13)3-7(1-2-12)9(8)11/h3-5H,1H2. The van der Waals surface area contributed by atoms with Crippen LogP contribution in [0.3, 0.4) is 0 Å². The van der Waals surface area contributed by atoms with Gasteiger partial charge >= 0.3 is 0 Å². The molecule has 0 atom stereocenters. The molecule has 0 aliphatic heterocycles. The van der Waals surface area contributed by atoms with Crippen molar-refractivity contribution in [3.05, 3.63) is 32.6 Å². The van der Waals surface area contributed by atoms with E-state index in [1.54, 1.807) is 0 Å². The van der Waals surface area contributed by atoms with E-state index in [-0.39, 0.29) is 12.0 Å². The first-order valence-corrected chi connectivity index (χ1v) is 4.57. The number of aldehydes is 1. The fourth-order valence-electron chi connectivity index (χ4n) is 0.951. The average Bonchev–Trinajstić information content (AvgIpc) is 2.13. The second kappa shape index (κ2) is 4.33. The van der Waals surface area contributed by atoms with E-state index in [1.165, 1.54) is 6.07 Å². The Morgan fingerprint density at radius 1 is 1.62 bits per heavy atom. The highest BCUT2D eigenvalue weighted by Gasteiger charge is 2.07. The van der Waals surface area contributed by atoms with Crippen molar-refractivity contribution in [2.75, 3.05) is 0 Å². The molecule has 0 radical (unpaired) electrons. The minimum absolute atomic E-state index is 0.122. The highest BCUT2D eigenvalue weighted by molar-refractivity contribution is 14.1. The summed E-state index contributed by atoms with van der Waals surface area (Å²) in [5.74, 6) is -0.449. The number of halogens is 2. The van der Waals surface area contributed by atoms with Crippen molar-refractivity contribution in [1.82, 2.24) is 0 Å². The minimum Gasteiger partial charge on any atom is -0.298 e. The maximum absolute atomic E-state index is 13.1. The Balaban J connectivity index is 3.25. The number of nitrogens with zero attached hydrogens (tertiary/aromatic N) is 1. The van der Waals surface area contributed by atoms with Gasteiger partial charge in [-0.1, -0.05) is 0 Å². The van der Waals surface area contributed by atoms with Gasteiger partial charge in [-0.15, -0.1) is 0 Å². The Kier molecular flexibility index (Phi) is 3.37. The lowest BCUT2D eigenvalue weighted by Crippen LogP contribution is -1.95. The monoisotopic (exact) mass is 289 g/mol. The lowest BCUT2D eigenvalue weighted by Gasteiger charge is -2.01. The number of nitriles is 1. The molecule has 0 aliphatic rings. The zero-order valence-corrected chi connectivity index (χ0v) is 8.71. The molecule has 66 valence electrons. The third-order valence-electron chi connectivity index (χ3n) is 1.53. The van der Waals surface area contributed by atoms with E-state index >= 15 is 0 Å². The molecular weight excluding hydrogens is 284 g/mol. The Bertz CT molecular complexity index is 384. The Labute approximate surface area is 88.5 Å². The summed E-state index contributed by atoms with van der Waals surface area (Å²) >= 11 is 1.82. The molecule has 0 bridgehead atoms. The van der Waals surface area contributed by atoms with Crippen LogP contribution in [-0.4, -0.2) is 6.29 Å². The molecule has 4 heteroatoms. The molecule has 1 rings (SSSR count). The highest BCUT2D eigenvalue weighted by atomic mass is 127. The third kappa shape index (κ3) is 2.25. The van der Waals surface area contributed by atoms with Crippen molar-refractivity contribution in [3.8, 4) is 6.07 Å². The third-order valence-corrected chi connectivity index (χ3v) is 2.74. The lowest BCUT2D eigenvalue weighted by molar-refractivity contribution is 0.112. The molecule has 0 heterocycles. The molecule has 0 N–H and O–H groups in total. The van der Waals surface area contributed by atoms with Crippen LogP contribution >= 0.6 is 22.6 Å². The number of hydrogen-bond donors (Lipinski definition) is 0. The number of carbonyl (C=O) groups excluding carboxylic acids is 1. The lowest BCUT2D eigenvalue weighted by atomic mass is 10.1. The van der Waals surface area contributed by atoms with Gasteiger partial charge in [-0.25, -0.2) is 4.39 Å². The van der Waals surface area contributed by atoms with Gasteiger partial charge in [0.1, 0.15) is 12.1 Å². The first-order valence-electron chi connectivity index (χ1n) is 3.49. The van der Waals surface area contributed by atoms with Crippen LogP contribution in [0.1, 0.15) is 15.9 Å². The van der Waals surface area contributed by atoms with Crippen LogP contribution in [0, 0.1) is 20.7 Å². The summed E-state index contributed by atoms with van der Waals surface area (Å²) in [6.07, 6.45) is 0.691. The molecule has 0 aliphatic carbocycles. The van der Waals surface area contributed by atoms with E-state index in [4.69, 9.17) is 5.26 Å². The minimum atomic E-state index is -0.449. The van der Waals surface area contributed by atoms with E-state index < -0.39 is 5.82 Å². The van der Waals surface area contributed by atoms with Crippen molar-refractivity contribution in [2.24, 2.45) is 0 Å². The summed E-state index contributed by atoms with van der Waals surface area (Å²) in [4.78, 5) is 10.4. The molecule has 0 fully saturated rings. The normalized spacial score (nSPS) is 9.31. The Morgan fingerprint density at radius 3 is 2.85 bits per heavy atom. The van der Waals surface area contributed by atoms with E-state index in [1.807, 2.05) is 28.7 Å². The summed E-state index contributed by atoms with van der Waals surface area (Å²) in [6.45, 7) is 0. The zero-order chi connectivity index (χ0) is 9.84. The summed E-state index contributed by atoms with van der Waals surface area (Å²) in [5.41, 5.74) is 0.827. The van der Waals surface area contributed by atoms with E-state index in [2.05, 4.69) is 0 Å². The van der Waals surface area contributed by atoms with Gasteiger partial charge in [0, 0.05) is 5.56 Å². The summed E-state index contributed by atoms with van der Waals surface area (Å²) in [5, 5.41) is 8.43. The number of carbonyl (C=O) groups is 1. The largest absolute Gasteiger partial charge is 0.298 e. The predicted molar refractivity (Wildman–Crippen MR) is 53.8 cm³/mol. The fraction of sp³-hybridized carbons (Fsp3) is 0.111.